The largest absolute Gasteiger partial charge is 0.342 e. The van der Waals surface area contributed by atoms with Gasteiger partial charge in [0.2, 0.25) is 0 Å². The van der Waals surface area contributed by atoms with Gasteiger partial charge in [-0.1, -0.05) is 31.2 Å². The number of halogens is 1. The molecule has 0 aliphatic heterocycles. The molecule has 3 heteroatoms. The first-order valence-corrected chi connectivity index (χ1v) is 8.31. The second-order valence-electron chi connectivity index (χ2n) is 5.76. The minimum absolute atomic E-state index is 0.663. The molecule has 0 aliphatic rings. The molecule has 2 aromatic carbocycles. The van der Waals surface area contributed by atoms with Gasteiger partial charge in [0.25, 0.3) is 0 Å². The second kappa shape index (κ2) is 6.13. The van der Waals surface area contributed by atoms with Gasteiger partial charge in [-0.3, -0.25) is 0 Å². The Bertz CT molecular complexity index is 800. The summed E-state index contributed by atoms with van der Waals surface area (Å²) in [6, 6.07) is 10.9. The van der Waals surface area contributed by atoms with Gasteiger partial charge in [0.1, 0.15) is 5.82 Å². The molecule has 0 radical (unpaired) electrons. The number of nitrogens with zero attached hydrogens (tertiary/aromatic N) is 1. The van der Waals surface area contributed by atoms with Gasteiger partial charge in [-0.05, 0) is 54.2 Å². The Morgan fingerprint density at radius 3 is 2.50 bits per heavy atom. The summed E-state index contributed by atoms with van der Waals surface area (Å²) >= 11 is 5.81. The van der Waals surface area contributed by atoms with Crippen molar-refractivity contribution in [1.82, 2.24) is 9.97 Å². The Kier molecular flexibility index (Phi) is 4.21. The molecular weight excluding hydrogens is 292 g/mol. The van der Waals surface area contributed by atoms with E-state index < -0.39 is 0 Å². The third-order valence-electron chi connectivity index (χ3n) is 4.23. The first-order valence-electron chi connectivity index (χ1n) is 7.78. The first-order chi connectivity index (χ1) is 10.6. The Balaban J connectivity index is 2.13. The molecule has 0 saturated heterocycles. The third-order valence-corrected chi connectivity index (χ3v) is 4.42. The van der Waals surface area contributed by atoms with Gasteiger partial charge in [-0.2, -0.15) is 0 Å². The van der Waals surface area contributed by atoms with Crippen LogP contribution in [0.25, 0.3) is 22.2 Å². The summed E-state index contributed by atoms with van der Waals surface area (Å²) in [7, 11) is 0. The standard InChI is InChI=1S/C19H21ClN2/c1-4-17-21-16-11-12(2)18(13(3)19(16)22-17)15-7-5-14(6-8-15)9-10-20/h5-8,11H,4,9-10H2,1-3H3,(H,21,22). The maximum Gasteiger partial charge on any atom is 0.106 e. The fraction of sp³-hybridized carbons (Fsp3) is 0.316. The minimum Gasteiger partial charge on any atom is -0.342 e. The van der Waals surface area contributed by atoms with Crippen molar-refractivity contribution < 1.29 is 0 Å². The molecular formula is C19H21ClN2. The van der Waals surface area contributed by atoms with E-state index >= 15 is 0 Å². The van der Waals surface area contributed by atoms with Gasteiger partial charge in [0.15, 0.2) is 0 Å². The molecule has 1 aromatic heterocycles. The van der Waals surface area contributed by atoms with Gasteiger partial charge >= 0.3 is 0 Å². The molecule has 2 nitrogen and oxygen atoms in total. The predicted molar refractivity (Wildman–Crippen MR) is 94.8 cm³/mol. The normalized spacial score (nSPS) is 11.3. The number of aryl methyl sites for hydroxylation is 4. The average Bonchev–Trinajstić information content (AvgIpc) is 2.92. The lowest BCUT2D eigenvalue weighted by Crippen LogP contribution is -1.92. The van der Waals surface area contributed by atoms with Crippen LogP contribution < -0.4 is 0 Å². The summed E-state index contributed by atoms with van der Waals surface area (Å²) in [5.41, 5.74) is 8.56. The van der Waals surface area contributed by atoms with E-state index in [1.807, 2.05) is 0 Å². The van der Waals surface area contributed by atoms with Gasteiger partial charge < -0.3 is 4.98 Å². The SMILES string of the molecule is CCc1nc2c(C)c(-c3ccc(CCCl)cc3)c(C)cc2[nH]1. The molecule has 0 spiro atoms. The maximum atomic E-state index is 5.81. The van der Waals surface area contributed by atoms with E-state index in [2.05, 4.69) is 56.1 Å². The number of rotatable bonds is 4. The number of aromatic nitrogens is 2. The fourth-order valence-electron chi connectivity index (χ4n) is 3.09. The van der Waals surface area contributed by atoms with Crippen molar-refractivity contribution >= 4 is 22.6 Å². The Morgan fingerprint density at radius 1 is 1.14 bits per heavy atom. The summed E-state index contributed by atoms with van der Waals surface area (Å²) in [5, 5.41) is 0. The van der Waals surface area contributed by atoms with Crippen LogP contribution in [0, 0.1) is 13.8 Å². The quantitative estimate of drug-likeness (QED) is 0.660. The number of H-pyrrole nitrogens is 1. The lowest BCUT2D eigenvalue weighted by Gasteiger charge is -2.11. The Morgan fingerprint density at radius 2 is 1.86 bits per heavy atom. The van der Waals surface area contributed by atoms with Crippen LogP contribution in [0.1, 0.15) is 29.4 Å². The van der Waals surface area contributed by atoms with E-state index in [4.69, 9.17) is 16.6 Å². The van der Waals surface area contributed by atoms with Crippen LogP contribution in [-0.2, 0) is 12.8 Å². The van der Waals surface area contributed by atoms with Crippen LogP contribution in [0.2, 0.25) is 0 Å². The third kappa shape index (κ3) is 2.64. The van der Waals surface area contributed by atoms with E-state index in [1.54, 1.807) is 0 Å². The topological polar surface area (TPSA) is 28.7 Å². The number of benzene rings is 2. The molecule has 114 valence electrons. The molecule has 0 aliphatic carbocycles. The van der Waals surface area contributed by atoms with Crippen LogP contribution in [0.4, 0.5) is 0 Å². The average molecular weight is 313 g/mol. The molecule has 0 atom stereocenters. The Hall–Kier alpha value is -1.80. The van der Waals surface area contributed by atoms with Crippen LogP contribution in [0.15, 0.2) is 30.3 Å². The monoisotopic (exact) mass is 312 g/mol. The number of hydrogen-bond donors (Lipinski definition) is 1. The van der Waals surface area contributed by atoms with E-state index in [0.717, 1.165) is 29.7 Å². The number of fused-ring (bicyclic) bond motifs is 1. The Labute approximate surface area is 136 Å². The molecule has 0 fully saturated rings. The van der Waals surface area contributed by atoms with Crippen molar-refractivity contribution in [1.29, 1.82) is 0 Å². The highest BCUT2D eigenvalue weighted by atomic mass is 35.5. The zero-order valence-electron chi connectivity index (χ0n) is 13.3. The maximum absolute atomic E-state index is 5.81. The van der Waals surface area contributed by atoms with Gasteiger partial charge in [0, 0.05) is 12.3 Å². The molecule has 0 bridgehead atoms. The van der Waals surface area contributed by atoms with Crippen LogP contribution >= 0.6 is 11.6 Å². The van der Waals surface area contributed by atoms with Crippen LogP contribution in [0.5, 0.6) is 0 Å². The molecule has 0 unspecified atom stereocenters. The van der Waals surface area contributed by atoms with Gasteiger partial charge in [-0.15, -0.1) is 11.6 Å². The van der Waals surface area contributed by atoms with E-state index in [1.165, 1.54) is 27.8 Å². The number of aromatic amines is 1. The van der Waals surface area contributed by atoms with E-state index in [-0.39, 0.29) is 0 Å². The van der Waals surface area contributed by atoms with Crippen molar-refractivity contribution in [2.24, 2.45) is 0 Å². The number of alkyl halides is 1. The van der Waals surface area contributed by atoms with Crippen molar-refractivity contribution in [2.75, 3.05) is 5.88 Å². The van der Waals surface area contributed by atoms with Crippen molar-refractivity contribution in [3.63, 3.8) is 0 Å². The van der Waals surface area contributed by atoms with Crippen molar-refractivity contribution in [2.45, 2.75) is 33.6 Å². The molecule has 0 amide bonds. The summed E-state index contributed by atoms with van der Waals surface area (Å²) in [6.07, 6.45) is 1.84. The lowest BCUT2D eigenvalue weighted by atomic mass is 9.94. The first kappa shape index (κ1) is 15.1. The van der Waals surface area contributed by atoms with Crippen LogP contribution in [0.3, 0.4) is 0 Å². The van der Waals surface area contributed by atoms with Gasteiger partial charge in [0.05, 0.1) is 11.0 Å². The van der Waals surface area contributed by atoms with Gasteiger partial charge in [-0.25, -0.2) is 4.98 Å². The smallest absolute Gasteiger partial charge is 0.106 e. The molecule has 1 heterocycles. The summed E-state index contributed by atoms with van der Waals surface area (Å²) in [6.45, 7) is 6.45. The summed E-state index contributed by atoms with van der Waals surface area (Å²) in [5.74, 6) is 1.71. The number of imidazole rings is 1. The molecule has 1 N–H and O–H groups in total. The molecule has 3 aromatic rings. The lowest BCUT2D eigenvalue weighted by molar-refractivity contribution is 1.000. The summed E-state index contributed by atoms with van der Waals surface area (Å²) in [4.78, 5) is 8.14. The number of nitrogens with one attached hydrogen (secondary N) is 1. The zero-order chi connectivity index (χ0) is 15.7. The highest BCUT2D eigenvalue weighted by Crippen LogP contribution is 2.32. The van der Waals surface area contributed by atoms with Crippen molar-refractivity contribution in [3.05, 3.63) is 52.8 Å². The van der Waals surface area contributed by atoms with Crippen LogP contribution in [-0.4, -0.2) is 15.8 Å². The highest BCUT2D eigenvalue weighted by molar-refractivity contribution is 6.18. The number of hydrogen-bond acceptors (Lipinski definition) is 1. The molecule has 22 heavy (non-hydrogen) atoms. The van der Waals surface area contributed by atoms with Crippen molar-refractivity contribution in [3.8, 4) is 11.1 Å². The van der Waals surface area contributed by atoms with E-state index in [9.17, 15) is 0 Å². The molecule has 3 rings (SSSR count). The zero-order valence-corrected chi connectivity index (χ0v) is 14.1. The second-order valence-corrected chi connectivity index (χ2v) is 6.14. The highest BCUT2D eigenvalue weighted by Gasteiger charge is 2.13. The fourth-order valence-corrected chi connectivity index (χ4v) is 3.31. The predicted octanol–water partition coefficient (Wildman–Crippen LogP) is 5.19. The molecule has 0 saturated carbocycles. The minimum atomic E-state index is 0.663. The summed E-state index contributed by atoms with van der Waals surface area (Å²) < 4.78 is 0. The van der Waals surface area contributed by atoms with E-state index in [0.29, 0.717) is 5.88 Å².